The predicted molar refractivity (Wildman–Crippen MR) is 88.5 cm³/mol. The van der Waals surface area contributed by atoms with Crippen LogP contribution in [-0.4, -0.2) is 49.8 Å². The summed E-state index contributed by atoms with van der Waals surface area (Å²) >= 11 is 0. The number of hydrogen-bond acceptors (Lipinski definition) is 4. The standard InChI is InChI=1S/C17H24N4O4/c22-15(6-7-16(23)24)21-9-13-12(18-10-19-13)8-14(21)17(25)20-11-4-2-1-3-5-11/h10-11,14H,1-9H2,(H,18,19)(H,20,25)(H,23,24). The largest absolute Gasteiger partial charge is 0.481 e. The Bertz CT molecular complexity index is 651. The molecule has 1 saturated carbocycles. The lowest BCUT2D eigenvalue weighted by Gasteiger charge is -2.35. The maximum atomic E-state index is 12.8. The molecule has 3 N–H and O–H groups in total. The summed E-state index contributed by atoms with van der Waals surface area (Å²) in [7, 11) is 0. The van der Waals surface area contributed by atoms with E-state index in [4.69, 9.17) is 5.11 Å². The van der Waals surface area contributed by atoms with Crippen molar-refractivity contribution in [2.45, 2.75) is 70.0 Å². The minimum absolute atomic E-state index is 0.105. The van der Waals surface area contributed by atoms with Gasteiger partial charge in [0.2, 0.25) is 11.8 Å². The summed E-state index contributed by atoms with van der Waals surface area (Å²) in [6, 6.07) is -0.461. The van der Waals surface area contributed by atoms with Crippen molar-refractivity contribution in [3.63, 3.8) is 0 Å². The number of nitrogens with one attached hydrogen (secondary N) is 2. The first kappa shape index (κ1) is 17.4. The van der Waals surface area contributed by atoms with Gasteiger partial charge in [-0.05, 0) is 12.8 Å². The number of carbonyl (C=O) groups is 3. The van der Waals surface area contributed by atoms with E-state index in [1.807, 2.05) is 0 Å². The number of aromatic nitrogens is 2. The molecule has 8 nitrogen and oxygen atoms in total. The fourth-order valence-electron chi connectivity index (χ4n) is 3.63. The van der Waals surface area contributed by atoms with E-state index >= 15 is 0 Å². The van der Waals surface area contributed by atoms with Gasteiger partial charge < -0.3 is 20.3 Å². The van der Waals surface area contributed by atoms with E-state index in [0.717, 1.165) is 37.1 Å². The zero-order chi connectivity index (χ0) is 17.8. The highest BCUT2D eigenvalue weighted by atomic mass is 16.4. The van der Waals surface area contributed by atoms with Crippen molar-refractivity contribution in [3.8, 4) is 0 Å². The fourth-order valence-corrected chi connectivity index (χ4v) is 3.63. The van der Waals surface area contributed by atoms with Gasteiger partial charge in [0.1, 0.15) is 6.04 Å². The smallest absolute Gasteiger partial charge is 0.303 e. The van der Waals surface area contributed by atoms with Gasteiger partial charge in [0, 0.05) is 18.9 Å². The molecule has 1 aliphatic carbocycles. The van der Waals surface area contributed by atoms with Crippen molar-refractivity contribution in [1.29, 1.82) is 0 Å². The Kier molecular flexibility index (Phi) is 5.35. The Balaban J connectivity index is 1.71. The van der Waals surface area contributed by atoms with Gasteiger partial charge in [0.05, 0.1) is 30.7 Å². The Morgan fingerprint density at radius 3 is 2.72 bits per heavy atom. The summed E-state index contributed by atoms with van der Waals surface area (Å²) in [4.78, 5) is 44.8. The van der Waals surface area contributed by atoms with Gasteiger partial charge in [-0.1, -0.05) is 19.3 Å². The zero-order valence-electron chi connectivity index (χ0n) is 14.2. The molecule has 3 rings (SSSR count). The molecule has 1 aromatic heterocycles. The molecule has 1 fully saturated rings. The number of hydrogen-bond donors (Lipinski definition) is 3. The molecule has 1 aliphatic heterocycles. The van der Waals surface area contributed by atoms with Crippen LogP contribution in [0.3, 0.4) is 0 Å². The van der Waals surface area contributed by atoms with E-state index < -0.39 is 12.0 Å². The summed E-state index contributed by atoms with van der Waals surface area (Å²) in [5.41, 5.74) is 1.61. The van der Waals surface area contributed by atoms with Crippen molar-refractivity contribution in [2.75, 3.05) is 0 Å². The molecule has 25 heavy (non-hydrogen) atoms. The van der Waals surface area contributed by atoms with Gasteiger partial charge in [-0.15, -0.1) is 0 Å². The highest BCUT2D eigenvalue weighted by molar-refractivity contribution is 5.89. The maximum absolute atomic E-state index is 12.8. The first-order chi connectivity index (χ1) is 12.0. The number of aliphatic carboxylic acids is 1. The summed E-state index contributed by atoms with van der Waals surface area (Å²) in [5, 5.41) is 11.9. The van der Waals surface area contributed by atoms with Crippen LogP contribution in [0.2, 0.25) is 0 Å². The fraction of sp³-hybridized carbons (Fsp3) is 0.647. The molecular formula is C17H24N4O4. The number of carboxylic acids is 1. The molecule has 2 amide bonds. The summed E-state index contributed by atoms with van der Waals surface area (Å²) in [6.45, 7) is 0.260. The second-order valence-corrected chi connectivity index (χ2v) is 6.81. The van der Waals surface area contributed by atoms with Crippen molar-refractivity contribution < 1.29 is 19.5 Å². The quantitative estimate of drug-likeness (QED) is 0.733. The number of H-pyrrole nitrogens is 1. The minimum atomic E-state index is -1.02. The van der Waals surface area contributed by atoms with Gasteiger partial charge >= 0.3 is 5.97 Å². The topological polar surface area (TPSA) is 115 Å². The summed E-state index contributed by atoms with van der Waals surface area (Å²) < 4.78 is 0. The number of aromatic amines is 1. The summed E-state index contributed by atoms with van der Waals surface area (Å²) in [6.07, 6.45) is 6.95. The molecule has 1 aromatic rings. The Morgan fingerprint density at radius 1 is 1.24 bits per heavy atom. The number of amides is 2. The van der Waals surface area contributed by atoms with E-state index in [0.29, 0.717) is 6.42 Å². The van der Waals surface area contributed by atoms with Gasteiger partial charge in [0.25, 0.3) is 0 Å². The van der Waals surface area contributed by atoms with Gasteiger partial charge in [0.15, 0.2) is 0 Å². The number of carboxylic acid groups (broad SMARTS) is 1. The Morgan fingerprint density at radius 2 is 2.00 bits per heavy atom. The van der Waals surface area contributed by atoms with E-state index in [-0.39, 0.29) is 37.2 Å². The number of carbonyl (C=O) groups excluding carboxylic acids is 2. The van der Waals surface area contributed by atoms with Gasteiger partial charge in [-0.3, -0.25) is 14.4 Å². The van der Waals surface area contributed by atoms with Crippen LogP contribution in [0, 0.1) is 0 Å². The first-order valence-corrected chi connectivity index (χ1v) is 8.87. The van der Waals surface area contributed by atoms with Crippen LogP contribution in [0.4, 0.5) is 0 Å². The highest BCUT2D eigenvalue weighted by Crippen LogP contribution is 2.23. The van der Waals surface area contributed by atoms with Crippen molar-refractivity contribution in [2.24, 2.45) is 0 Å². The van der Waals surface area contributed by atoms with Crippen molar-refractivity contribution in [1.82, 2.24) is 20.2 Å². The molecule has 1 unspecified atom stereocenters. The second kappa shape index (κ2) is 7.67. The normalized spacial score (nSPS) is 20.8. The SMILES string of the molecule is O=C(O)CCC(=O)N1Cc2[nH]cnc2CC1C(=O)NC1CCCCC1. The van der Waals surface area contributed by atoms with E-state index in [1.165, 1.54) is 11.3 Å². The minimum Gasteiger partial charge on any atom is -0.481 e. The van der Waals surface area contributed by atoms with Crippen LogP contribution in [0.5, 0.6) is 0 Å². The van der Waals surface area contributed by atoms with Crippen LogP contribution in [0.25, 0.3) is 0 Å². The molecule has 2 heterocycles. The van der Waals surface area contributed by atoms with Crippen LogP contribution < -0.4 is 5.32 Å². The third-order valence-corrected chi connectivity index (χ3v) is 5.03. The Hall–Kier alpha value is -2.38. The summed E-state index contributed by atoms with van der Waals surface area (Å²) in [5.74, 6) is -1.49. The number of imidazole rings is 1. The molecule has 2 aliphatic rings. The molecule has 8 heteroatoms. The molecule has 0 radical (unpaired) electrons. The first-order valence-electron chi connectivity index (χ1n) is 8.87. The van der Waals surface area contributed by atoms with Gasteiger partial charge in [-0.25, -0.2) is 4.98 Å². The molecular weight excluding hydrogens is 324 g/mol. The van der Waals surface area contributed by atoms with Crippen LogP contribution in [0.15, 0.2) is 6.33 Å². The molecule has 0 bridgehead atoms. The lowest BCUT2D eigenvalue weighted by atomic mass is 9.94. The van der Waals surface area contributed by atoms with Crippen molar-refractivity contribution in [3.05, 3.63) is 17.7 Å². The molecule has 0 aromatic carbocycles. The number of nitrogens with zero attached hydrogens (tertiary/aromatic N) is 2. The molecule has 0 saturated heterocycles. The van der Waals surface area contributed by atoms with Crippen LogP contribution in [-0.2, 0) is 27.3 Å². The van der Waals surface area contributed by atoms with E-state index in [9.17, 15) is 14.4 Å². The molecule has 0 spiro atoms. The lowest BCUT2D eigenvalue weighted by molar-refractivity contribution is -0.145. The third kappa shape index (κ3) is 4.18. The van der Waals surface area contributed by atoms with Crippen LogP contribution in [0.1, 0.15) is 56.3 Å². The monoisotopic (exact) mass is 348 g/mol. The maximum Gasteiger partial charge on any atom is 0.303 e. The molecule has 136 valence electrons. The highest BCUT2D eigenvalue weighted by Gasteiger charge is 2.36. The lowest BCUT2D eigenvalue weighted by Crippen LogP contribution is -2.54. The van der Waals surface area contributed by atoms with Gasteiger partial charge in [-0.2, -0.15) is 0 Å². The van der Waals surface area contributed by atoms with Crippen LogP contribution >= 0.6 is 0 Å². The second-order valence-electron chi connectivity index (χ2n) is 6.81. The predicted octanol–water partition coefficient (Wildman–Crippen LogP) is 0.977. The van der Waals surface area contributed by atoms with Crippen molar-refractivity contribution >= 4 is 17.8 Å². The average Bonchev–Trinajstić information content (AvgIpc) is 3.06. The molecule has 1 atom stereocenters. The van der Waals surface area contributed by atoms with E-state index in [1.54, 1.807) is 6.33 Å². The number of rotatable bonds is 5. The number of fused-ring (bicyclic) bond motifs is 1. The Labute approximate surface area is 146 Å². The zero-order valence-corrected chi connectivity index (χ0v) is 14.2. The average molecular weight is 348 g/mol. The van der Waals surface area contributed by atoms with E-state index in [2.05, 4.69) is 15.3 Å². The third-order valence-electron chi connectivity index (χ3n) is 5.03.